The molecule has 5 nitrogen and oxygen atoms in total. The van der Waals surface area contributed by atoms with Crippen molar-refractivity contribution in [2.45, 2.75) is 0 Å². The van der Waals surface area contributed by atoms with Gasteiger partial charge in [-0.2, -0.15) is 0 Å². The molecule has 0 unspecified atom stereocenters. The number of aromatic nitrogens is 1. The number of hydrogen-bond donors (Lipinski definition) is 2. The second-order valence-corrected chi connectivity index (χ2v) is 6.57. The minimum Gasteiger partial charge on any atom is -0.491 e. The Kier molecular flexibility index (Phi) is 5.38. The summed E-state index contributed by atoms with van der Waals surface area (Å²) in [5.74, 6) is 0.327. The Labute approximate surface area is 168 Å². The zero-order chi connectivity index (χ0) is 20.1. The molecule has 144 valence electrons. The summed E-state index contributed by atoms with van der Waals surface area (Å²) in [7, 11) is 0. The van der Waals surface area contributed by atoms with Crippen LogP contribution in [0.25, 0.3) is 22.0 Å². The first-order valence-electron chi connectivity index (χ1n) is 9.40. The maximum absolute atomic E-state index is 12.4. The summed E-state index contributed by atoms with van der Waals surface area (Å²) >= 11 is 0. The topological polar surface area (TPSA) is 71.2 Å². The fourth-order valence-electron chi connectivity index (χ4n) is 3.19. The summed E-state index contributed by atoms with van der Waals surface area (Å²) < 4.78 is 5.88. The van der Waals surface area contributed by atoms with E-state index < -0.39 is 11.5 Å². The van der Waals surface area contributed by atoms with E-state index in [1.165, 1.54) is 0 Å². The minimum absolute atomic E-state index is 0.0911. The summed E-state index contributed by atoms with van der Waals surface area (Å²) in [5, 5.41) is 3.56. The van der Waals surface area contributed by atoms with E-state index in [2.05, 4.69) is 10.3 Å². The second-order valence-electron chi connectivity index (χ2n) is 6.57. The summed E-state index contributed by atoms with van der Waals surface area (Å²) in [4.78, 5) is 27.3. The predicted molar refractivity (Wildman–Crippen MR) is 114 cm³/mol. The number of H-pyrrole nitrogens is 1. The third-order valence-corrected chi connectivity index (χ3v) is 4.62. The van der Waals surface area contributed by atoms with Gasteiger partial charge in [-0.3, -0.25) is 9.59 Å². The first-order valence-corrected chi connectivity index (χ1v) is 9.40. The van der Waals surface area contributed by atoms with Gasteiger partial charge in [0.2, 0.25) is 0 Å². The maximum atomic E-state index is 12.4. The van der Waals surface area contributed by atoms with Crippen LogP contribution in [0.15, 0.2) is 89.7 Å². The number of benzene rings is 3. The average molecular weight is 384 g/mol. The SMILES string of the molecule is O=C(NCCOc1ccccc1-c1ccccc1)c1cc2ccccc2[nH]c1=O. The van der Waals surface area contributed by atoms with Crippen molar-refractivity contribution in [3.63, 3.8) is 0 Å². The number of rotatable bonds is 6. The summed E-state index contributed by atoms with van der Waals surface area (Å²) in [6.07, 6.45) is 0. The molecule has 4 aromatic rings. The highest BCUT2D eigenvalue weighted by molar-refractivity contribution is 5.97. The highest BCUT2D eigenvalue weighted by Crippen LogP contribution is 2.29. The third-order valence-electron chi connectivity index (χ3n) is 4.62. The number of fused-ring (bicyclic) bond motifs is 1. The standard InChI is InChI=1S/C24H20N2O3/c27-23(20-16-18-10-4-6-12-21(18)26-24(20)28)25-14-15-29-22-13-7-5-11-19(22)17-8-2-1-3-9-17/h1-13,16H,14-15H2,(H,25,27)(H,26,28). The lowest BCUT2D eigenvalue weighted by Crippen LogP contribution is -2.32. The van der Waals surface area contributed by atoms with Crippen LogP contribution in [0.4, 0.5) is 0 Å². The zero-order valence-electron chi connectivity index (χ0n) is 15.7. The number of nitrogens with one attached hydrogen (secondary N) is 2. The highest BCUT2D eigenvalue weighted by Gasteiger charge is 2.11. The van der Waals surface area contributed by atoms with Crippen molar-refractivity contribution in [1.29, 1.82) is 0 Å². The molecule has 1 amide bonds. The van der Waals surface area contributed by atoms with E-state index >= 15 is 0 Å². The monoisotopic (exact) mass is 384 g/mol. The Bertz CT molecular complexity index is 1200. The Morgan fingerprint density at radius 2 is 1.62 bits per heavy atom. The molecule has 1 aromatic heterocycles. The van der Waals surface area contributed by atoms with Gasteiger partial charge in [0.15, 0.2) is 0 Å². The Morgan fingerprint density at radius 3 is 2.48 bits per heavy atom. The fraction of sp³-hybridized carbons (Fsp3) is 0.0833. The first kappa shape index (κ1) is 18.5. The highest BCUT2D eigenvalue weighted by atomic mass is 16.5. The first-order chi connectivity index (χ1) is 14.2. The fourth-order valence-corrected chi connectivity index (χ4v) is 3.19. The molecule has 2 N–H and O–H groups in total. The molecule has 29 heavy (non-hydrogen) atoms. The lowest BCUT2D eigenvalue weighted by molar-refractivity contribution is 0.0945. The molecule has 4 rings (SSSR count). The average Bonchev–Trinajstić information content (AvgIpc) is 2.77. The molecule has 0 aliphatic rings. The Morgan fingerprint density at radius 1 is 0.897 bits per heavy atom. The molecule has 0 aliphatic carbocycles. The van der Waals surface area contributed by atoms with Gasteiger partial charge in [-0.25, -0.2) is 0 Å². The van der Waals surface area contributed by atoms with Crippen molar-refractivity contribution in [2.24, 2.45) is 0 Å². The number of carbonyl (C=O) groups is 1. The molecule has 0 spiro atoms. The van der Waals surface area contributed by atoms with Gasteiger partial charge in [-0.1, -0.05) is 66.7 Å². The van der Waals surface area contributed by atoms with Gasteiger partial charge in [-0.05, 0) is 29.1 Å². The molecule has 0 saturated carbocycles. The van der Waals surface area contributed by atoms with Crippen LogP contribution >= 0.6 is 0 Å². The number of carbonyl (C=O) groups excluding carboxylic acids is 1. The minimum atomic E-state index is -0.419. The van der Waals surface area contributed by atoms with E-state index in [1.54, 1.807) is 12.1 Å². The number of ether oxygens (including phenoxy) is 1. The number of aromatic amines is 1. The van der Waals surface area contributed by atoms with Gasteiger partial charge in [0.1, 0.15) is 17.9 Å². The number of hydrogen-bond acceptors (Lipinski definition) is 3. The molecule has 3 aromatic carbocycles. The normalized spacial score (nSPS) is 10.6. The van der Waals surface area contributed by atoms with Crippen molar-refractivity contribution in [3.05, 3.63) is 101 Å². The van der Waals surface area contributed by atoms with Crippen LogP contribution in [-0.4, -0.2) is 24.0 Å². The number of para-hydroxylation sites is 2. The molecule has 0 saturated heterocycles. The molecule has 1 heterocycles. The van der Waals surface area contributed by atoms with Gasteiger partial charge in [0.25, 0.3) is 11.5 Å². The van der Waals surface area contributed by atoms with Gasteiger partial charge < -0.3 is 15.0 Å². The largest absolute Gasteiger partial charge is 0.491 e. The van der Waals surface area contributed by atoms with Crippen molar-refractivity contribution >= 4 is 16.8 Å². The van der Waals surface area contributed by atoms with E-state index in [9.17, 15) is 9.59 Å². The summed E-state index contributed by atoms with van der Waals surface area (Å²) in [6.45, 7) is 0.579. The Balaban J connectivity index is 1.40. The van der Waals surface area contributed by atoms with Crippen LogP contribution in [0.5, 0.6) is 5.75 Å². The molecule has 0 fully saturated rings. The lowest BCUT2D eigenvalue weighted by Gasteiger charge is -2.12. The van der Waals surface area contributed by atoms with Crippen molar-refractivity contribution in [1.82, 2.24) is 10.3 Å². The van der Waals surface area contributed by atoms with Gasteiger partial charge >= 0.3 is 0 Å². The number of pyridine rings is 1. The van der Waals surface area contributed by atoms with Gasteiger partial charge in [0, 0.05) is 11.1 Å². The second kappa shape index (κ2) is 8.44. The molecule has 0 radical (unpaired) electrons. The van der Waals surface area contributed by atoms with Crippen LogP contribution in [0.2, 0.25) is 0 Å². The van der Waals surface area contributed by atoms with Crippen molar-refractivity contribution in [3.8, 4) is 16.9 Å². The molecule has 0 bridgehead atoms. The van der Waals surface area contributed by atoms with Gasteiger partial charge in [0.05, 0.1) is 6.54 Å². The van der Waals surface area contributed by atoms with Crippen LogP contribution in [0.1, 0.15) is 10.4 Å². The van der Waals surface area contributed by atoms with E-state index in [1.807, 2.05) is 72.8 Å². The van der Waals surface area contributed by atoms with E-state index in [0.717, 1.165) is 22.3 Å². The van der Waals surface area contributed by atoms with Crippen molar-refractivity contribution < 1.29 is 9.53 Å². The van der Waals surface area contributed by atoms with E-state index in [0.29, 0.717) is 12.1 Å². The summed E-state index contributed by atoms with van der Waals surface area (Å²) in [6, 6.07) is 26.7. The molecule has 5 heteroatoms. The molecular formula is C24H20N2O3. The van der Waals surface area contributed by atoms with Crippen molar-refractivity contribution in [2.75, 3.05) is 13.2 Å². The quantitative estimate of drug-likeness (QED) is 0.494. The Hall–Kier alpha value is -3.86. The predicted octanol–water partition coefficient (Wildman–Crippen LogP) is 4.00. The van der Waals surface area contributed by atoms with E-state index in [-0.39, 0.29) is 12.1 Å². The van der Waals surface area contributed by atoms with Crippen LogP contribution in [0.3, 0.4) is 0 Å². The van der Waals surface area contributed by atoms with Gasteiger partial charge in [-0.15, -0.1) is 0 Å². The molecular weight excluding hydrogens is 364 g/mol. The van der Waals surface area contributed by atoms with Crippen LogP contribution < -0.4 is 15.6 Å². The molecule has 0 aliphatic heterocycles. The third kappa shape index (κ3) is 4.19. The van der Waals surface area contributed by atoms with E-state index in [4.69, 9.17) is 4.74 Å². The van der Waals surface area contributed by atoms with Crippen LogP contribution in [-0.2, 0) is 0 Å². The number of amides is 1. The molecule has 0 atom stereocenters. The van der Waals surface area contributed by atoms with Crippen LogP contribution in [0, 0.1) is 0 Å². The zero-order valence-corrected chi connectivity index (χ0v) is 15.7. The summed E-state index contributed by atoms with van der Waals surface area (Å²) in [5.41, 5.74) is 2.44. The maximum Gasteiger partial charge on any atom is 0.261 e. The lowest BCUT2D eigenvalue weighted by atomic mass is 10.1. The smallest absolute Gasteiger partial charge is 0.261 e.